The predicted molar refractivity (Wildman–Crippen MR) is 257 cm³/mol. The molecule has 12 nitrogen and oxygen atoms in total. The molecule has 4 N–H and O–H groups in total. The lowest BCUT2D eigenvalue weighted by molar-refractivity contribution is -0.301. The molecule has 64 heavy (non-hydrogen) atoms. The number of carbonyl (C=O) groups is 1. The highest BCUT2D eigenvalue weighted by atomic mass is 32.3. The zero-order valence-electron chi connectivity index (χ0n) is 40.6. The zero-order chi connectivity index (χ0) is 46.8. The van der Waals surface area contributed by atoms with Gasteiger partial charge in [-0.15, -0.1) is 0 Å². The lowest BCUT2D eigenvalue weighted by Gasteiger charge is -2.41. The van der Waals surface area contributed by atoms with Crippen LogP contribution >= 0.6 is 0 Å². The van der Waals surface area contributed by atoms with Gasteiger partial charge in [0.15, 0.2) is 6.29 Å². The lowest BCUT2D eigenvalue weighted by Crippen LogP contribution is -2.60. The lowest BCUT2D eigenvalue weighted by atomic mass is 9.99. The van der Waals surface area contributed by atoms with Crippen molar-refractivity contribution in [3.63, 3.8) is 0 Å². The van der Waals surface area contributed by atoms with Crippen molar-refractivity contribution in [2.24, 2.45) is 0 Å². The molecule has 0 aromatic heterocycles. The second-order valence-corrected chi connectivity index (χ2v) is 19.2. The highest BCUT2D eigenvalue weighted by Crippen LogP contribution is 2.26. The van der Waals surface area contributed by atoms with Gasteiger partial charge in [0.2, 0.25) is 0 Å². The van der Waals surface area contributed by atoms with Crippen molar-refractivity contribution in [1.29, 1.82) is 0 Å². The molecule has 1 saturated heterocycles. The van der Waals surface area contributed by atoms with Gasteiger partial charge in [0, 0.05) is 13.0 Å². The van der Waals surface area contributed by atoms with E-state index in [1.807, 2.05) is 0 Å². The number of aliphatic hydroxyl groups excluding tert-OH is 3. The van der Waals surface area contributed by atoms with Crippen LogP contribution < -0.4 is 0 Å². The van der Waals surface area contributed by atoms with Crippen LogP contribution in [0.5, 0.6) is 0 Å². The molecule has 13 heteroatoms. The van der Waals surface area contributed by atoms with Crippen molar-refractivity contribution < 1.29 is 56.2 Å². The van der Waals surface area contributed by atoms with E-state index in [-0.39, 0.29) is 19.6 Å². The maximum Gasteiger partial charge on any atom is 0.397 e. The van der Waals surface area contributed by atoms with Crippen molar-refractivity contribution in [2.75, 3.05) is 26.4 Å². The Balaban J connectivity index is 2.33. The SMILES string of the molecule is CCCCCCC/C=C\C/C=C\CCCCCCCCCCCCOCC(COC1OC(CO)C(O)C(OS(=O)(=O)O)C1O)OC(=O)CCCCCCCCCCCCCCCCC. The average Bonchev–Trinajstić information content (AvgIpc) is 3.27. The molecule has 0 radical (unpaired) electrons. The Morgan fingerprint density at radius 1 is 0.594 bits per heavy atom. The number of ether oxygens (including phenoxy) is 4. The van der Waals surface area contributed by atoms with Crippen LogP contribution in [0.1, 0.15) is 232 Å². The second-order valence-electron chi connectivity index (χ2n) is 18.1. The molecule has 0 spiro atoms. The summed E-state index contributed by atoms with van der Waals surface area (Å²) in [5.41, 5.74) is 0. The molecule has 0 amide bonds. The molecule has 6 atom stereocenters. The van der Waals surface area contributed by atoms with E-state index >= 15 is 0 Å². The van der Waals surface area contributed by atoms with Gasteiger partial charge in [0.1, 0.15) is 30.5 Å². The fourth-order valence-electron chi connectivity index (χ4n) is 8.12. The molecule has 6 unspecified atom stereocenters. The maximum absolute atomic E-state index is 12.9. The Morgan fingerprint density at radius 3 is 1.48 bits per heavy atom. The van der Waals surface area contributed by atoms with Crippen molar-refractivity contribution in [2.45, 2.75) is 269 Å². The van der Waals surface area contributed by atoms with E-state index < -0.39 is 59.8 Å². The normalized spacial score (nSPS) is 19.9. The summed E-state index contributed by atoms with van der Waals surface area (Å²) >= 11 is 0. The largest absolute Gasteiger partial charge is 0.457 e. The Morgan fingerprint density at radius 2 is 1.03 bits per heavy atom. The fraction of sp³-hybridized carbons (Fsp3) is 0.902. The molecule has 1 fully saturated rings. The molecule has 1 heterocycles. The topological polar surface area (TPSA) is 178 Å². The number of aliphatic hydroxyl groups is 3. The van der Waals surface area contributed by atoms with Gasteiger partial charge in [-0.05, 0) is 44.9 Å². The number of hydrogen-bond donors (Lipinski definition) is 4. The number of allylic oxidation sites excluding steroid dienone is 4. The third-order valence-electron chi connectivity index (χ3n) is 12.1. The average molecular weight is 933 g/mol. The molecule has 0 aliphatic carbocycles. The van der Waals surface area contributed by atoms with Crippen LogP contribution in [0, 0.1) is 0 Å². The Bertz CT molecular complexity index is 1210. The van der Waals surface area contributed by atoms with Crippen LogP contribution in [0.3, 0.4) is 0 Å². The van der Waals surface area contributed by atoms with E-state index in [1.54, 1.807) is 0 Å². The molecular formula is C51H96O12S. The van der Waals surface area contributed by atoms with Gasteiger partial charge in [-0.2, -0.15) is 8.42 Å². The highest BCUT2D eigenvalue weighted by molar-refractivity contribution is 7.80. The van der Waals surface area contributed by atoms with Crippen LogP contribution in [0.4, 0.5) is 0 Å². The number of hydrogen-bond acceptors (Lipinski definition) is 11. The summed E-state index contributed by atoms with van der Waals surface area (Å²) in [5.74, 6) is -0.396. The molecule has 1 aliphatic heterocycles. The van der Waals surface area contributed by atoms with Crippen LogP contribution in [-0.4, -0.2) is 97.5 Å². The molecule has 0 bridgehead atoms. The molecule has 378 valence electrons. The molecule has 1 rings (SSSR count). The summed E-state index contributed by atoms with van der Waals surface area (Å²) in [6, 6.07) is 0. The number of carbonyl (C=O) groups excluding carboxylic acids is 1. The Labute approximate surface area is 391 Å². The van der Waals surface area contributed by atoms with Crippen molar-refractivity contribution in [1.82, 2.24) is 0 Å². The van der Waals surface area contributed by atoms with Crippen LogP contribution in [-0.2, 0) is 38.3 Å². The summed E-state index contributed by atoms with van der Waals surface area (Å²) in [6.07, 6.45) is 40.6. The third-order valence-corrected chi connectivity index (χ3v) is 12.5. The summed E-state index contributed by atoms with van der Waals surface area (Å²) in [5, 5.41) is 30.7. The van der Waals surface area contributed by atoms with E-state index in [9.17, 15) is 33.1 Å². The first-order valence-electron chi connectivity index (χ1n) is 26.1. The van der Waals surface area contributed by atoms with Crippen molar-refractivity contribution in [3.8, 4) is 0 Å². The third kappa shape index (κ3) is 35.7. The Kier molecular flexibility index (Phi) is 40.6. The van der Waals surface area contributed by atoms with Crippen molar-refractivity contribution >= 4 is 16.4 Å². The van der Waals surface area contributed by atoms with E-state index in [0.29, 0.717) is 13.0 Å². The standard InChI is InChI=1S/C51H96O12S/c1-3-5-7-9-11-13-15-17-19-20-21-22-23-24-25-27-29-31-33-35-37-39-41-59-43-45(44-60-51-49(55)50(63-64(56,57)58)48(54)46(42-52)62-51)61-47(53)40-38-36-34-32-30-28-26-18-16-14-12-10-8-6-4-2/h15,17,20-21,45-46,48-52,54-55H,3-14,16,18-19,22-44H2,1-2H3,(H,56,57,58)/b17-15-,21-20-. The number of esters is 1. The molecular weight excluding hydrogens is 837 g/mol. The first-order valence-corrected chi connectivity index (χ1v) is 27.5. The van der Waals surface area contributed by atoms with Gasteiger partial charge in [-0.1, -0.05) is 205 Å². The molecule has 0 saturated carbocycles. The quantitative estimate of drug-likeness (QED) is 0.0197. The summed E-state index contributed by atoms with van der Waals surface area (Å²) in [6.45, 7) is 4.01. The van der Waals surface area contributed by atoms with E-state index in [1.165, 1.54) is 161 Å². The van der Waals surface area contributed by atoms with Crippen LogP contribution in [0.25, 0.3) is 0 Å². The smallest absolute Gasteiger partial charge is 0.397 e. The molecule has 0 aromatic carbocycles. The van der Waals surface area contributed by atoms with Crippen LogP contribution in [0.2, 0.25) is 0 Å². The first-order chi connectivity index (χ1) is 31.1. The molecule has 1 aliphatic rings. The van der Waals surface area contributed by atoms with Gasteiger partial charge in [-0.25, -0.2) is 4.18 Å². The van der Waals surface area contributed by atoms with Gasteiger partial charge in [-0.3, -0.25) is 9.35 Å². The number of rotatable bonds is 46. The summed E-state index contributed by atoms with van der Waals surface area (Å²) < 4.78 is 59.3. The Hall–Kier alpha value is -1.42. The van der Waals surface area contributed by atoms with E-state index in [4.69, 9.17) is 18.9 Å². The fourth-order valence-corrected chi connectivity index (χ4v) is 8.62. The van der Waals surface area contributed by atoms with Gasteiger partial charge < -0.3 is 34.3 Å². The molecule has 0 aromatic rings. The predicted octanol–water partition coefficient (Wildman–Crippen LogP) is 12.0. The zero-order valence-corrected chi connectivity index (χ0v) is 41.4. The minimum Gasteiger partial charge on any atom is -0.457 e. The minimum absolute atomic E-state index is 0.0382. The van der Waals surface area contributed by atoms with E-state index in [0.717, 1.165) is 44.9 Å². The van der Waals surface area contributed by atoms with E-state index in [2.05, 4.69) is 42.3 Å². The van der Waals surface area contributed by atoms with Crippen LogP contribution in [0.15, 0.2) is 24.3 Å². The monoisotopic (exact) mass is 933 g/mol. The van der Waals surface area contributed by atoms with Crippen molar-refractivity contribution in [3.05, 3.63) is 24.3 Å². The maximum atomic E-state index is 12.9. The second kappa shape index (κ2) is 42.9. The first kappa shape index (κ1) is 60.6. The minimum atomic E-state index is -5.06. The summed E-state index contributed by atoms with van der Waals surface area (Å²) in [7, 11) is -5.06. The highest BCUT2D eigenvalue weighted by Gasteiger charge is 2.48. The van der Waals surface area contributed by atoms with Gasteiger partial charge >= 0.3 is 16.4 Å². The summed E-state index contributed by atoms with van der Waals surface area (Å²) in [4.78, 5) is 12.9. The van der Waals surface area contributed by atoms with Gasteiger partial charge in [0.25, 0.3) is 0 Å². The number of unbranched alkanes of at least 4 members (excludes halogenated alkanes) is 29. The van der Waals surface area contributed by atoms with Gasteiger partial charge in [0.05, 0.1) is 19.8 Å².